The monoisotopic (exact) mass is 298 g/mol. The lowest BCUT2D eigenvalue weighted by atomic mass is 10.1. The second kappa shape index (κ2) is 6.86. The fraction of sp³-hybridized carbons (Fsp3) is 0.769. The van der Waals surface area contributed by atoms with Crippen molar-refractivity contribution in [2.45, 2.75) is 19.0 Å². The van der Waals surface area contributed by atoms with Crippen molar-refractivity contribution >= 4 is 17.7 Å². The van der Waals surface area contributed by atoms with Crippen LogP contribution in [0.4, 0.5) is 0 Å². The second-order valence-corrected chi connectivity index (χ2v) is 5.47. The summed E-state index contributed by atoms with van der Waals surface area (Å²) in [4.78, 5) is 38.9. The molecule has 0 radical (unpaired) electrons. The van der Waals surface area contributed by atoms with Crippen molar-refractivity contribution in [2.24, 2.45) is 0 Å². The molecule has 2 saturated heterocycles. The van der Waals surface area contributed by atoms with Gasteiger partial charge in [0.1, 0.15) is 6.54 Å². The van der Waals surface area contributed by atoms with Gasteiger partial charge in [0.25, 0.3) is 0 Å². The third-order valence-corrected chi connectivity index (χ3v) is 3.67. The maximum absolute atomic E-state index is 12.0. The van der Waals surface area contributed by atoms with Gasteiger partial charge in [-0.2, -0.15) is 0 Å². The third kappa shape index (κ3) is 3.70. The Morgan fingerprint density at radius 3 is 2.95 bits per heavy atom. The molecule has 8 heteroatoms. The van der Waals surface area contributed by atoms with Crippen molar-refractivity contribution in [3.8, 4) is 0 Å². The lowest BCUT2D eigenvalue weighted by Crippen LogP contribution is -2.66. The van der Waals surface area contributed by atoms with Gasteiger partial charge in [-0.25, -0.2) is 0 Å². The fourth-order valence-electron chi connectivity index (χ4n) is 2.71. The lowest BCUT2D eigenvalue weighted by molar-refractivity contribution is -0.160. The van der Waals surface area contributed by atoms with Crippen LogP contribution in [0.5, 0.6) is 0 Å². The molecule has 2 heterocycles. The third-order valence-electron chi connectivity index (χ3n) is 3.67. The number of hydrogen-bond donors (Lipinski definition) is 2. The quantitative estimate of drug-likeness (QED) is 0.561. The van der Waals surface area contributed by atoms with Gasteiger partial charge < -0.3 is 25.2 Å². The van der Waals surface area contributed by atoms with Gasteiger partial charge in [0.05, 0.1) is 12.6 Å². The molecule has 2 fully saturated rings. The second-order valence-electron chi connectivity index (χ2n) is 5.47. The summed E-state index contributed by atoms with van der Waals surface area (Å²) in [5, 5.41) is 5.93. The number of fused-ring (bicyclic) bond motifs is 1. The number of hydrogen-bond acceptors (Lipinski definition) is 5. The minimum Gasteiger partial charge on any atom is -0.383 e. The SMILES string of the molecule is COCC(C)NC(=O)CN1CC2CNCCN2C(=O)C1=O. The van der Waals surface area contributed by atoms with Crippen LogP contribution in [0.2, 0.25) is 0 Å². The lowest BCUT2D eigenvalue weighted by Gasteiger charge is -2.43. The van der Waals surface area contributed by atoms with Crippen LogP contribution in [0.25, 0.3) is 0 Å². The summed E-state index contributed by atoms with van der Waals surface area (Å²) in [6.07, 6.45) is 0. The van der Waals surface area contributed by atoms with Gasteiger partial charge in [-0.05, 0) is 6.92 Å². The number of ether oxygens (including phenoxy) is 1. The van der Waals surface area contributed by atoms with E-state index in [2.05, 4.69) is 10.6 Å². The highest BCUT2D eigenvalue weighted by Crippen LogP contribution is 2.13. The number of amides is 3. The molecule has 2 aliphatic heterocycles. The first-order valence-corrected chi connectivity index (χ1v) is 7.11. The fourth-order valence-corrected chi connectivity index (χ4v) is 2.71. The first-order chi connectivity index (χ1) is 10.0. The molecule has 0 saturated carbocycles. The number of rotatable bonds is 5. The van der Waals surface area contributed by atoms with Crippen LogP contribution in [-0.2, 0) is 19.1 Å². The van der Waals surface area contributed by atoms with E-state index in [9.17, 15) is 14.4 Å². The van der Waals surface area contributed by atoms with Crippen molar-refractivity contribution in [3.63, 3.8) is 0 Å². The molecule has 2 rings (SSSR count). The van der Waals surface area contributed by atoms with Crippen LogP contribution in [-0.4, -0.2) is 86.0 Å². The zero-order valence-corrected chi connectivity index (χ0v) is 12.4. The van der Waals surface area contributed by atoms with E-state index < -0.39 is 11.8 Å². The normalized spacial score (nSPS) is 23.8. The van der Waals surface area contributed by atoms with Gasteiger partial charge >= 0.3 is 11.8 Å². The molecule has 0 aromatic carbocycles. The average Bonchev–Trinajstić information content (AvgIpc) is 2.44. The first kappa shape index (κ1) is 15.7. The van der Waals surface area contributed by atoms with E-state index in [4.69, 9.17) is 4.74 Å². The van der Waals surface area contributed by atoms with Crippen LogP contribution in [0.1, 0.15) is 6.92 Å². The van der Waals surface area contributed by atoms with Crippen LogP contribution in [0, 0.1) is 0 Å². The maximum Gasteiger partial charge on any atom is 0.312 e. The van der Waals surface area contributed by atoms with E-state index >= 15 is 0 Å². The first-order valence-electron chi connectivity index (χ1n) is 7.11. The van der Waals surface area contributed by atoms with Crippen LogP contribution in [0.3, 0.4) is 0 Å². The molecule has 2 unspecified atom stereocenters. The molecule has 0 spiro atoms. The zero-order valence-electron chi connectivity index (χ0n) is 12.4. The van der Waals surface area contributed by atoms with Crippen LogP contribution in [0.15, 0.2) is 0 Å². The Balaban J connectivity index is 1.92. The van der Waals surface area contributed by atoms with Crippen LogP contribution < -0.4 is 10.6 Å². The number of carbonyl (C=O) groups is 3. The molecule has 3 amide bonds. The number of methoxy groups -OCH3 is 1. The Morgan fingerprint density at radius 1 is 1.48 bits per heavy atom. The van der Waals surface area contributed by atoms with Gasteiger partial charge in [-0.3, -0.25) is 14.4 Å². The highest BCUT2D eigenvalue weighted by Gasteiger charge is 2.40. The molecular weight excluding hydrogens is 276 g/mol. The van der Waals surface area contributed by atoms with Crippen molar-refractivity contribution in [3.05, 3.63) is 0 Å². The molecule has 0 aromatic heterocycles. The summed E-state index contributed by atoms with van der Waals surface area (Å²) in [6, 6.07) is -0.181. The van der Waals surface area contributed by atoms with E-state index in [1.165, 1.54) is 4.90 Å². The van der Waals surface area contributed by atoms with Gasteiger partial charge in [-0.1, -0.05) is 0 Å². The van der Waals surface area contributed by atoms with Crippen LogP contribution >= 0.6 is 0 Å². The number of carbonyl (C=O) groups excluding carboxylic acids is 3. The molecule has 118 valence electrons. The highest BCUT2D eigenvalue weighted by molar-refractivity contribution is 6.35. The summed E-state index contributed by atoms with van der Waals surface area (Å²) in [5.74, 6) is -1.38. The molecule has 0 aromatic rings. The predicted molar refractivity (Wildman–Crippen MR) is 74.4 cm³/mol. The van der Waals surface area contributed by atoms with Crippen molar-refractivity contribution < 1.29 is 19.1 Å². The highest BCUT2D eigenvalue weighted by atomic mass is 16.5. The maximum atomic E-state index is 12.0. The summed E-state index contributed by atoms with van der Waals surface area (Å²) >= 11 is 0. The van der Waals surface area contributed by atoms with E-state index in [-0.39, 0.29) is 24.5 Å². The molecule has 0 bridgehead atoms. The smallest absolute Gasteiger partial charge is 0.312 e. The minimum absolute atomic E-state index is 0.0480. The van der Waals surface area contributed by atoms with Crippen molar-refractivity contribution in [1.82, 2.24) is 20.4 Å². The van der Waals surface area contributed by atoms with Gasteiger partial charge in [0, 0.05) is 39.3 Å². The number of nitrogens with zero attached hydrogens (tertiary/aromatic N) is 2. The van der Waals surface area contributed by atoms with E-state index in [1.807, 2.05) is 6.92 Å². The molecule has 2 aliphatic rings. The Bertz CT molecular complexity index is 428. The number of nitrogens with one attached hydrogen (secondary N) is 2. The Labute approximate surface area is 123 Å². The van der Waals surface area contributed by atoms with Gasteiger partial charge in [-0.15, -0.1) is 0 Å². The largest absolute Gasteiger partial charge is 0.383 e. The van der Waals surface area contributed by atoms with E-state index in [0.29, 0.717) is 32.8 Å². The average molecular weight is 298 g/mol. The summed E-state index contributed by atoms with van der Waals surface area (Å²) in [6.45, 7) is 4.41. The molecule has 8 nitrogen and oxygen atoms in total. The van der Waals surface area contributed by atoms with Crippen molar-refractivity contribution in [2.75, 3.05) is 46.4 Å². The van der Waals surface area contributed by atoms with E-state index in [0.717, 1.165) is 0 Å². The predicted octanol–water partition coefficient (Wildman–Crippen LogP) is -2.22. The molecule has 0 aliphatic carbocycles. The summed E-state index contributed by atoms with van der Waals surface area (Å²) in [7, 11) is 1.56. The molecular formula is C13H22N4O4. The van der Waals surface area contributed by atoms with Gasteiger partial charge in [0.2, 0.25) is 5.91 Å². The Kier molecular flexibility index (Phi) is 5.13. The molecule has 2 N–H and O–H groups in total. The van der Waals surface area contributed by atoms with E-state index in [1.54, 1.807) is 12.0 Å². The molecule has 21 heavy (non-hydrogen) atoms. The number of piperazine rings is 2. The Hall–Kier alpha value is -1.67. The van der Waals surface area contributed by atoms with Gasteiger partial charge in [0.15, 0.2) is 0 Å². The zero-order chi connectivity index (χ0) is 15.4. The Morgan fingerprint density at radius 2 is 2.24 bits per heavy atom. The molecule has 2 atom stereocenters. The van der Waals surface area contributed by atoms with Crippen molar-refractivity contribution in [1.29, 1.82) is 0 Å². The minimum atomic E-state index is -0.595. The summed E-state index contributed by atoms with van der Waals surface area (Å²) < 4.78 is 4.94. The summed E-state index contributed by atoms with van der Waals surface area (Å²) in [5.41, 5.74) is 0. The standard InChI is InChI=1S/C13H22N4O4/c1-9(8-21-2)15-11(18)7-16-6-10-5-14-3-4-17(10)13(20)12(16)19/h9-10,14H,3-8H2,1-2H3,(H,15,18). The topological polar surface area (TPSA) is 91.0 Å².